The monoisotopic (exact) mass is 472 g/mol. The summed E-state index contributed by atoms with van der Waals surface area (Å²) < 4.78 is 3.18. The highest BCUT2D eigenvalue weighted by molar-refractivity contribution is 9.10. The second kappa shape index (κ2) is 7.79. The molecule has 1 heterocycles. The molecule has 0 unspecified atom stereocenters. The molecule has 0 aliphatic heterocycles. The van der Waals surface area contributed by atoms with Crippen molar-refractivity contribution in [2.24, 2.45) is 12.0 Å². The SMILES string of the molecule is Br.Cc1ccc(N=c2scc(-c3ccc(Br)cc3)n2C)cc1Cl. The van der Waals surface area contributed by atoms with Crippen LogP contribution in [0.2, 0.25) is 5.02 Å². The smallest absolute Gasteiger partial charge is 0.190 e. The Bertz CT molecular complexity index is 882. The Morgan fingerprint density at radius 1 is 1.13 bits per heavy atom. The van der Waals surface area contributed by atoms with Crippen molar-refractivity contribution in [1.29, 1.82) is 0 Å². The maximum Gasteiger partial charge on any atom is 0.190 e. The molecule has 0 spiro atoms. The normalized spacial score (nSPS) is 11.4. The summed E-state index contributed by atoms with van der Waals surface area (Å²) in [5, 5.41) is 2.87. The number of nitrogens with zero attached hydrogens (tertiary/aromatic N) is 2. The number of rotatable bonds is 2. The summed E-state index contributed by atoms with van der Waals surface area (Å²) in [6.45, 7) is 1.99. The van der Waals surface area contributed by atoms with Gasteiger partial charge in [0.15, 0.2) is 4.80 Å². The summed E-state index contributed by atoms with van der Waals surface area (Å²) in [6, 6.07) is 14.2. The van der Waals surface area contributed by atoms with Crippen LogP contribution in [0.4, 0.5) is 5.69 Å². The van der Waals surface area contributed by atoms with Gasteiger partial charge in [-0.3, -0.25) is 0 Å². The van der Waals surface area contributed by atoms with Gasteiger partial charge in [0.2, 0.25) is 0 Å². The standard InChI is InChI=1S/C17H14BrClN2S.BrH/c1-11-3-8-14(9-15(11)19)20-17-21(2)16(10-22-17)12-4-6-13(18)7-5-12;/h3-10H,1-2H3;1H. The average Bonchev–Trinajstić information content (AvgIpc) is 2.85. The molecule has 0 N–H and O–H groups in total. The van der Waals surface area contributed by atoms with Gasteiger partial charge in [-0.25, -0.2) is 4.99 Å². The molecule has 0 atom stereocenters. The molecule has 3 rings (SSSR count). The van der Waals surface area contributed by atoms with Crippen molar-refractivity contribution in [2.45, 2.75) is 6.92 Å². The van der Waals surface area contributed by atoms with E-state index in [0.29, 0.717) is 0 Å². The highest BCUT2D eigenvalue weighted by Crippen LogP contribution is 2.24. The molecule has 0 radical (unpaired) electrons. The van der Waals surface area contributed by atoms with Crippen molar-refractivity contribution in [2.75, 3.05) is 0 Å². The Morgan fingerprint density at radius 2 is 1.83 bits per heavy atom. The Morgan fingerprint density at radius 3 is 2.48 bits per heavy atom. The van der Waals surface area contributed by atoms with Gasteiger partial charge < -0.3 is 4.57 Å². The van der Waals surface area contributed by atoms with E-state index in [4.69, 9.17) is 16.6 Å². The van der Waals surface area contributed by atoms with E-state index in [9.17, 15) is 0 Å². The van der Waals surface area contributed by atoms with Crippen LogP contribution in [0.3, 0.4) is 0 Å². The fourth-order valence-corrected chi connectivity index (χ4v) is 3.48. The molecule has 0 fully saturated rings. The second-order valence-corrected chi connectivity index (χ2v) is 7.17. The first-order valence-electron chi connectivity index (χ1n) is 6.76. The van der Waals surface area contributed by atoms with E-state index in [1.165, 1.54) is 5.56 Å². The second-order valence-electron chi connectivity index (χ2n) is 5.01. The zero-order valence-electron chi connectivity index (χ0n) is 12.6. The molecule has 0 amide bonds. The molecule has 120 valence electrons. The molecule has 2 aromatic carbocycles. The molecule has 0 saturated heterocycles. The van der Waals surface area contributed by atoms with Crippen LogP contribution in [-0.4, -0.2) is 4.57 Å². The summed E-state index contributed by atoms with van der Waals surface area (Å²) in [4.78, 5) is 5.64. The number of aromatic nitrogens is 1. The Hall–Kier alpha value is -0.880. The largest absolute Gasteiger partial charge is 0.320 e. The lowest BCUT2D eigenvalue weighted by Crippen LogP contribution is -2.10. The van der Waals surface area contributed by atoms with Crippen LogP contribution in [0, 0.1) is 6.92 Å². The first-order valence-corrected chi connectivity index (χ1v) is 8.81. The number of aryl methyl sites for hydroxylation is 1. The summed E-state index contributed by atoms with van der Waals surface area (Å²) >= 11 is 11.3. The summed E-state index contributed by atoms with van der Waals surface area (Å²) in [7, 11) is 2.03. The van der Waals surface area contributed by atoms with Gasteiger partial charge in [-0.1, -0.05) is 45.7 Å². The predicted octanol–water partition coefficient (Wildman–Crippen LogP) is 6.29. The van der Waals surface area contributed by atoms with Gasteiger partial charge in [0.05, 0.1) is 11.4 Å². The summed E-state index contributed by atoms with van der Waals surface area (Å²) in [5.74, 6) is 0. The molecule has 0 aliphatic carbocycles. The highest BCUT2D eigenvalue weighted by Gasteiger charge is 2.05. The minimum atomic E-state index is 0. The third-order valence-electron chi connectivity index (χ3n) is 3.44. The molecular formula is C17H15Br2ClN2S. The van der Waals surface area contributed by atoms with Crippen LogP contribution in [0.15, 0.2) is 57.3 Å². The quantitative estimate of drug-likeness (QED) is 0.415. The summed E-state index contributed by atoms with van der Waals surface area (Å²) in [6.07, 6.45) is 0. The molecule has 1 aromatic heterocycles. The van der Waals surface area contributed by atoms with Crippen LogP contribution in [0.5, 0.6) is 0 Å². The van der Waals surface area contributed by atoms with Gasteiger partial charge in [-0.2, -0.15) is 0 Å². The maximum atomic E-state index is 6.17. The summed E-state index contributed by atoms with van der Waals surface area (Å²) in [5.41, 5.74) is 4.25. The van der Waals surface area contributed by atoms with Crippen LogP contribution >= 0.6 is 55.8 Å². The van der Waals surface area contributed by atoms with Crippen molar-refractivity contribution in [3.63, 3.8) is 0 Å². The van der Waals surface area contributed by atoms with E-state index in [0.717, 1.165) is 31.2 Å². The number of thiazole rings is 1. The van der Waals surface area contributed by atoms with Crippen molar-refractivity contribution < 1.29 is 0 Å². The third kappa shape index (κ3) is 4.15. The first kappa shape index (κ1) is 18.5. The zero-order chi connectivity index (χ0) is 15.7. The molecule has 23 heavy (non-hydrogen) atoms. The van der Waals surface area contributed by atoms with Crippen LogP contribution in [0.1, 0.15) is 5.56 Å². The number of hydrogen-bond acceptors (Lipinski definition) is 2. The molecular weight excluding hydrogens is 460 g/mol. The number of hydrogen-bond donors (Lipinski definition) is 0. The number of benzene rings is 2. The Labute approximate surface area is 163 Å². The van der Waals surface area contributed by atoms with Gasteiger partial charge in [0, 0.05) is 21.9 Å². The third-order valence-corrected chi connectivity index (χ3v) is 5.30. The van der Waals surface area contributed by atoms with Crippen molar-refractivity contribution in [1.82, 2.24) is 4.57 Å². The molecule has 3 aromatic rings. The highest BCUT2D eigenvalue weighted by atomic mass is 79.9. The average molecular weight is 475 g/mol. The van der Waals surface area contributed by atoms with E-state index < -0.39 is 0 Å². The topological polar surface area (TPSA) is 17.3 Å². The fourth-order valence-electron chi connectivity index (χ4n) is 2.12. The Kier molecular flexibility index (Phi) is 6.26. The first-order chi connectivity index (χ1) is 10.5. The van der Waals surface area contributed by atoms with Gasteiger partial charge in [0.1, 0.15) is 0 Å². The molecule has 0 aliphatic rings. The van der Waals surface area contributed by atoms with Crippen molar-refractivity contribution in [3.8, 4) is 11.3 Å². The molecule has 6 heteroatoms. The van der Waals surface area contributed by atoms with E-state index in [-0.39, 0.29) is 17.0 Å². The van der Waals surface area contributed by atoms with Crippen molar-refractivity contribution in [3.05, 3.63) is 67.7 Å². The molecule has 2 nitrogen and oxygen atoms in total. The van der Waals surface area contributed by atoms with Gasteiger partial charge in [0.25, 0.3) is 0 Å². The lowest BCUT2D eigenvalue weighted by atomic mass is 10.2. The van der Waals surface area contributed by atoms with Gasteiger partial charge in [-0.05, 0) is 42.3 Å². The molecule has 0 bridgehead atoms. The lowest BCUT2D eigenvalue weighted by molar-refractivity contribution is 0.883. The van der Waals surface area contributed by atoms with Crippen LogP contribution in [-0.2, 0) is 7.05 Å². The van der Waals surface area contributed by atoms with E-state index in [2.05, 4.69) is 38.0 Å². The minimum absolute atomic E-state index is 0. The van der Waals surface area contributed by atoms with Crippen molar-refractivity contribution >= 4 is 61.5 Å². The lowest BCUT2D eigenvalue weighted by Gasteiger charge is -2.03. The van der Waals surface area contributed by atoms with Gasteiger partial charge in [-0.15, -0.1) is 28.3 Å². The molecule has 0 saturated carbocycles. The fraction of sp³-hybridized carbons (Fsp3) is 0.118. The van der Waals surface area contributed by atoms with E-state index in [1.807, 2.05) is 44.3 Å². The van der Waals surface area contributed by atoms with Gasteiger partial charge >= 0.3 is 0 Å². The van der Waals surface area contributed by atoms with Crippen LogP contribution < -0.4 is 4.80 Å². The van der Waals surface area contributed by atoms with E-state index in [1.54, 1.807) is 11.3 Å². The zero-order valence-corrected chi connectivity index (χ0v) is 17.5. The number of halogens is 3. The van der Waals surface area contributed by atoms with Crippen LogP contribution in [0.25, 0.3) is 11.3 Å². The Balaban J connectivity index is 0.00000192. The van der Waals surface area contributed by atoms with E-state index >= 15 is 0 Å². The predicted molar refractivity (Wildman–Crippen MR) is 108 cm³/mol. The minimum Gasteiger partial charge on any atom is -0.320 e. The maximum absolute atomic E-state index is 6.17.